The molecular formula is C16H13BrClF2N. The molecule has 0 heterocycles. The quantitative estimate of drug-likeness (QED) is 0.700. The highest BCUT2D eigenvalue weighted by Crippen LogP contribution is 2.44. The van der Waals surface area contributed by atoms with E-state index in [-0.39, 0.29) is 6.04 Å². The lowest BCUT2D eigenvalue weighted by Gasteiger charge is -2.21. The van der Waals surface area contributed by atoms with E-state index in [1.165, 1.54) is 6.07 Å². The minimum absolute atomic E-state index is 0.00136. The summed E-state index contributed by atoms with van der Waals surface area (Å²) in [7, 11) is 0. The fourth-order valence-electron chi connectivity index (χ4n) is 2.41. The van der Waals surface area contributed by atoms with Gasteiger partial charge in [0.1, 0.15) is 11.6 Å². The molecule has 0 bridgehead atoms. The zero-order valence-corrected chi connectivity index (χ0v) is 13.4. The van der Waals surface area contributed by atoms with Crippen LogP contribution in [0, 0.1) is 17.6 Å². The average molecular weight is 373 g/mol. The van der Waals surface area contributed by atoms with Crippen LogP contribution in [0.3, 0.4) is 0 Å². The summed E-state index contributed by atoms with van der Waals surface area (Å²) in [5, 5.41) is 3.88. The average Bonchev–Trinajstić information content (AvgIpc) is 3.24. The highest BCUT2D eigenvalue weighted by Gasteiger charge is 2.33. The second-order valence-electron chi connectivity index (χ2n) is 5.26. The monoisotopic (exact) mass is 371 g/mol. The Hall–Kier alpha value is -1.13. The summed E-state index contributed by atoms with van der Waals surface area (Å²) >= 11 is 9.13. The maximum Gasteiger partial charge on any atom is 0.150 e. The highest BCUT2D eigenvalue weighted by atomic mass is 79.9. The molecule has 1 saturated carbocycles. The van der Waals surface area contributed by atoms with Crippen LogP contribution in [-0.4, -0.2) is 0 Å². The number of hydrogen-bond donors (Lipinski definition) is 1. The van der Waals surface area contributed by atoms with Gasteiger partial charge in [0.25, 0.3) is 0 Å². The molecule has 1 aliphatic rings. The van der Waals surface area contributed by atoms with Crippen LogP contribution in [0.5, 0.6) is 0 Å². The van der Waals surface area contributed by atoms with E-state index in [4.69, 9.17) is 11.6 Å². The molecule has 0 aliphatic heterocycles. The Bertz CT molecular complexity index is 633. The summed E-state index contributed by atoms with van der Waals surface area (Å²) in [6.07, 6.45) is 2.20. The zero-order valence-electron chi connectivity index (χ0n) is 11.0. The third-order valence-corrected chi connectivity index (χ3v) is 4.51. The number of halogens is 4. The molecule has 1 nitrogen and oxygen atoms in total. The second-order valence-corrected chi connectivity index (χ2v) is 6.55. The number of nitrogens with one attached hydrogen (secondary N) is 1. The predicted octanol–water partition coefficient (Wildman–Crippen LogP) is 5.94. The highest BCUT2D eigenvalue weighted by molar-refractivity contribution is 9.10. The van der Waals surface area contributed by atoms with Crippen molar-refractivity contribution < 1.29 is 8.78 Å². The van der Waals surface area contributed by atoms with Gasteiger partial charge in [0, 0.05) is 15.6 Å². The molecule has 110 valence electrons. The van der Waals surface area contributed by atoms with E-state index in [9.17, 15) is 8.78 Å². The van der Waals surface area contributed by atoms with Gasteiger partial charge in [-0.1, -0.05) is 23.7 Å². The summed E-state index contributed by atoms with van der Waals surface area (Å²) in [5.41, 5.74) is 1.35. The van der Waals surface area contributed by atoms with Crippen LogP contribution in [-0.2, 0) is 0 Å². The molecule has 1 unspecified atom stereocenters. The third kappa shape index (κ3) is 3.38. The van der Waals surface area contributed by atoms with Crippen molar-refractivity contribution in [1.82, 2.24) is 0 Å². The molecule has 0 spiro atoms. The van der Waals surface area contributed by atoms with E-state index in [0.29, 0.717) is 21.1 Å². The number of anilines is 1. The van der Waals surface area contributed by atoms with Gasteiger partial charge in [-0.3, -0.25) is 0 Å². The van der Waals surface area contributed by atoms with E-state index >= 15 is 0 Å². The van der Waals surface area contributed by atoms with Crippen LogP contribution in [0.25, 0.3) is 0 Å². The molecule has 3 rings (SSSR count). The SMILES string of the molecule is Fc1cc(F)c(NC(c2ccc(Cl)cc2)C2CC2)c(Br)c1. The van der Waals surface area contributed by atoms with Gasteiger partial charge >= 0.3 is 0 Å². The summed E-state index contributed by atoms with van der Waals surface area (Å²) in [5.74, 6) is -0.733. The molecule has 1 N–H and O–H groups in total. The van der Waals surface area contributed by atoms with Crippen molar-refractivity contribution in [1.29, 1.82) is 0 Å². The van der Waals surface area contributed by atoms with Crippen molar-refractivity contribution in [3.63, 3.8) is 0 Å². The lowest BCUT2D eigenvalue weighted by atomic mass is 10.0. The van der Waals surface area contributed by atoms with Crippen LogP contribution in [0.2, 0.25) is 5.02 Å². The molecule has 1 fully saturated rings. The van der Waals surface area contributed by atoms with E-state index in [0.717, 1.165) is 24.5 Å². The van der Waals surface area contributed by atoms with Crippen molar-refractivity contribution in [2.75, 3.05) is 5.32 Å². The first-order chi connectivity index (χ1) is 10.0. The number of hydrogen-bond acceptors (Lipinski definition) is 1. The van der Waals surface area contributed by atoms with Gasteiger partial charge in [-0.05, 0) is 58.5 Å². The Morgan fingerprint density at radius 1 is 1.14 bits per heavy atom. The van der Waals surface area contributed by atoms with Crippen LogP contribution < -0.4 is 5.32 Å². The minimum Gasteiger partial charge on any atom is -0.375 e. The fourth-order valence-corrected chi connectivity index (χ4v) is 3.06. The summed E-state index contributed by atoms with van der Waals surface area (Å²) < 4.78 is 27.5. The molecule has 0 amide bonds. The standard InChI is InChI=1S/C16H13BrClF2N/c17-13-7-12(19)8-14(20)16(13)21-15(9-1-2-9)10-3-5-11(18)6-4-10/h3-9,15,21H,1-2H2. The normalized spacial score (nSPS) is 15.8. The van der Waals surface area contributed by atoms with Crippen LogP contribution >= 0.6 is 27.5 Å². The summed E-state index contributed by atoms with van der Waals surface area (Å²) in [4.78, 5) is 0. The Labute approximate surface area is 135 Å². The summed E-state index contributed by atoms with van der Waals surface area (Å²) in [6, 6.07) is 9.67. The van der Waals surface area contributed by atoms with Crippen LogP contribution in [0.15, 0.2) is 40.9 Å². The van der Waals surface area contributed by atoms with Gasteiger partial charge in [0.15, 0.2) is 0 Å². The number of benzene rings is 2. The van der Waals surface area contributed by atoms with Crippen molar-refractivity contribution in [3.05, 3.63) is 63.1 Å². The van der Waals surface area contributed by atoms with Gasteiger partial charge in [-0.2, -0.15) is 0 Å². The number of rotatable bonds is 4. The van der Waals surface area contributed by atoms with Gasteiger partial charge < -0.3 is 5.32 Å². The Morgan fingerprint density at radius 3 is 2.38 bits per heavy atom. The first-order valence-electron chi connectivity index (χ1n) is 6.71. The topological polar surface area (TPSA) is 12.0 Å². The molecule has 0 radical (unpaired) electrons. The van der Waals surface area contributed by atoms with Gasteiger partial charge in [-0.25, -0.2) is 8.78 Å². The molecule has 5 heteroatoms. The van der Waals surface area contributed by atoms with Gasteiger partial charge in [-0.15, -0.1) is 0 Å². The third-order valence-electron chi connectivity index (χ3n) is 3.63. The maximum atomic E-state index is 14.0. The van der Waals surface area contributed by atoms with E-state index in [2.05, 4.69) is 21.2 Å². The van der Waals surface area contributed by atoms with Crippen LogP contribution in [0.1, 0.15) is 24.4 Å². The van der Waals surface area contributed by atoms with Crippen molar-refractivity contribution in [2.24, 2.45) is 5.92 Å². The van der Waals surface area contributed by atoms with Crippen molar-refractivity contribution in [3.8, 4) is 0 Å². The van der Waals surface area contributed by atoms with E-state index < -0.39 is 11.6 Å². The van der Waals surface area contributed by atoms with Crippen molar-refractivity contribution >= 4 is 33.2 Å². The first kappa shape index (κ1) is 14.8. The molecule has 1 atom stereocenters. The van der Waals surface area contributed by atoms with E-state index in [1.807, 2.05) is 24.3 Å². The Kier molecular flexibility index (Phi) is 4.18. The fraction of sp³-hybridized carbons (Fsp3) is 0.250. The van der Waals surface area contributed by atoms with E-state index in [1.54, 1.807) is 0 Å². The van der Waals surface area contributed by atoms with Gasteiger partial charge in [0.05, 0.1) is 11.7 Å². The Balaban J connectivity index is 1.91. The Morgan fingerprint density at radius 2 is 1.81 bits per heavy atom. The minimum atomic E-state index is -0.598. The predicted molar refractivity (Wildman–Crippen MR) is 84.6 cm³/mol. The van der Waals surface area contributed by atoms with Crippen LogP contribution in [0.4, 0.5) is 14.5 Å². The summed E-state index contributed by atoms with van der Waals surface area (Å²) in [6.45, 7) is 0. The second kappa shape index (κ2) is 5.93. The largest absolute Gasteiger partial charge is 0.375 e. The lowest BCUT2D eigenvalue weighted by molar-refractivity contribution is 0.578. The molecule has 2 aromatic rings. The zero-order chi connectivity index (χ0) is 15.0. The molecule has 0 saturated heterocycles. The smallest absolute Gasteiger partial charge is 0.150 e. The molecular weight excluding hydrogens is 360 g/mol. The van der Waals surface area contributed by atoms with Gasteiger partial charge in [0.2, 0.25) is 0 Å². The molecule has 2 aromatic carbocycles. The maximum absolute atomic E-state index is 14.0. The van der Waals surface area contributed by atoms with Crippen molar-refractivity contribution in [2.45, 2.75) is 18.9 Å². The molecule has 21 heavy (non-hydrogen) atoms. The molecule has 1 aliphatic carbocycles. The molecule has 0 aromatic heterocycles. The lowest BCUT2D eigenvalue weighted by Crippen LogP contribution is -2.14. The first-order valence-corrected chi connectivity index (χ1v) is 7.88.